The third-order valence-corrected chi connectivity index (χ3v) is 4.12. The van der Waals surface area contributed by atoms with E-state index in [1.807, 2.05) is 0 Å². The number of hydrogen-bond donors (Lipinski definition) is 1. The van der Waals surface area contributed by atoms with Gasteiger partial charge in [0, 0.05) is 10.9 Å². The van der Waals surface area contributed by atoms with Gasteiger partial charge >= 0.3 is 12.6 Å². The first-order valence-corrected chi connectivity index (χ1v) is 8.51. The van der Waals surface area contributed by atoms with Crippen LogP contribution in [0.25, 0.3) is 11.0 Å². The number of fused-ring (bicyclic) bond motifs is 1. The van der Waals surface area contributed by atoms with Crippen LogP contribution in [0.3, 0.4) is 0 Å². The molecule has 3 aromatic rings. The first-order valence-electron chi connectivity index (χ1n) is 8.51. The zero-order chi connectivity index (χ0) is 21.1. The Labute approximate surface area is 163 Å². The number of carbonyl (C=O) groups excluding carboxylic acids is 2. The highest BCUT2D eigenvalue weighted by Gasteiger charge is 2.25. The lowest BCUT2D eigenvalue weighted by Gasteiger charge is -2.15. The van der Waals surface area contributed by atoms with Crippen LogP contribution in [0.4, 0.5) is 18.9 Å². The number of hydrogen-bond acceptors (Lipinski definition) is 5. The van der Waals surface area contributed by atoms with E-state index in [0.717, 1.165) is 0 Å². The van der Waals surface area contributed by atoms with Gasteiger partial charge in [-0.2, -0.15) is 8.78 Å². The van der Waals surface area contributed by atoms with Gasteiger partial charge in [0.25, 0.3) is 5.91 Å². The molecule has 0 saturated heterocycles. The molecule has 29 heavy (non-hydrogen) atoms. The van der Waals surface area contributed by atoms with Gasteiger partial charge in [0.2, 0.25) is 5.76 Å². The molecule has 6 nitrogen and oxygen atoms in total. The van der Waals surface area contributed by atoms with Crippen molar-refractivity contribution in [1.82, 2.24) is 0 Å². The molecule has 0 aliphatic carbocycles. The molecule has 0 aliphatic heterocycles. The quantitative estimate of drug-likeness (QED) is 0.601. The fourth-order valence-corrected chi connectivity index (χ4v) is 2.67. The zero-order valence-corrected chi connectivity index (χ0v) is 15.4. The highest BCUT2D eigenvalue weighted by Crippen LogP contribution is 2.28. The highest BCUT2D eigenvalue weighted by molar-refractivity contribution is 6.00. The van der Waals surface area contributed by atoms with Crippen LogP contribution < -0.4 is 10.1 Å². The normalized spacial score (nSPS) is 12.1. The van der Waals surface area contributed by atoms with Crippen LogP contribution in [0.5, 0.6) is 5.75 Å². The summed E-state index contributed by atoms with van der Waals surface area (Å²) >= 11 is 0. The molecular formula is C20H16F3NO5. The smallest absolute Gasteiger partial charge is 0.387 e. The second-order valence-electron chi connectivity index (χ2n) is 6.08. The number of furan rings is 1. The predicted octanol–water partition coefficient (Wildman–Crippen LogP) is 4.67. The molecule has 1 heterocycles. The van der Waals surface area contributed by atoms with Crippen molar-refractivity contribution < 1.29 is 36.7 Å². The van der Waals surface area contributed by atoms with Crippen LogP contribution >= 0.6 is 0 Å². The summed E-state index contributed by atoms with van der Waals surface area (Å²) in [5.41, 5.74) is 0.266. The van der Waals surface area contributed by atoms with Gasteiger partial charge in [0.05, 0.1) is 5.69 Å². The van der Waals surface area contributed by atoms with Crippen molar-refractivity contribution in [2.45, 2.75) is 26.6 Å². The number of amides is 1. The molecule has 1 N–H and O–H groups in total. The van der Waals surface area contributed by atoms with Crippen molar-refractivity contribution >= 4 is 28.5 Å². The minimum absolute atomic E-state index is 0.0114. The summed E-state index contributed by atoms with van der Waals surface area (Å²) in [6.07, 6.45) is -1.29. The Morgan fingerprint density at radius 1 is 1.10 bits per heavy atom. The first kappa shape index (κ1) is 20.2. The van der Waals surface area contributed by atoms with E-state index in [1.165, 1.54) is 43.3 Å². The Bertz CT molecular complexity index is 1060. The number of carbonyl (C=O) groups is 2. The molecule has 0 radical (unpaired) electrons. The van der Waals surface area contributed by atoms with E-state index < -0.39 is 30.4 Å². The molecule has 0 saturated carbocycles. The summed E-state index contributed by atoms with van der Waals surface area (Å²) in [6.45, 7) is -0.216. The molecular weight excluding hydrogens is 391 g/mol. The third kappa shape index (κ3) is 4.34. The van der Waals surface area contributed by atoms with Gasteiger partial charge in [-0.3, -0.25) is 4.79 Å². The predicted molar refractivity (Wildman–Crippen MR) is 97.5 cm³/mol. The van der Waals surface area contributed by atoms with Crippen LogP contribution in [0.1, 0.15) is 23.0 Å². The Kier molecular flexibility index (Phi) is 5.76. The van der Waals surface area contributed by atoms with Gasteiger partial charge in [-0.15, -0.1) is 0 Å². The molecule has 0 aliphatic rings. The number of anilines is 1. The van der Waals surface area contributed by atoms with E-state index in [-0.39, 0.29) is 22.8 Å². The maximum Gasteiger partial charge on any atom is 0.387 e. The fraction of sp³-hybridized carbons (Fsp3) is 0.200. The van der Waals surface area contributed by atoms with Gasteiger partial charge in [-0.1, -0.05) is 24.3 Å². The largest absolute Gasteiger partial charge is 0.447 e. The maximum absolute atomic E-state index is 13.8. The minimum Gasteiger partial charge on any atom is -0.447 e. The van der Waals surface area contributed by atoms with E-state index in [1.54, 1.807) is 13.0 Å². The summed E-state index contributed by atoms with van der Waals surface area (Å²) in [5, 5.41) is 2.77. The molecule has 0 fully saturated rings. The topological polar surface area (TPSA) is 77.8 Å². The monoisotopic (exact) mass is 407 g/mol. The Balaban J connectivity index is 1.73. The molecule has 2 aromatic carbocycles. The highest BCUT2D eigenvalue weighted by atomic mass is 19.3. The van der Waals surface area contributed by atoms with Gasteiger partial charge < -0.3 is 19.2 Å². The van der Waals surface area contributed by atoms with Crippen molar-refractivity contribution in [3.05, 3.63) is 59.6 Å². The van der Waals surface area contributed by atoms with Crippen molar-refractivity contribution in [1.29, 1.82) is 0 Å². The number of benzene rings is 2. The summed E-state index contributed by atoms with van der Waals surface area (Å²) in [5.74, 6) is -2.84. The summed E-state index contributed by atoms with van der Waals surface area (Å²) in [4.78, 5) is 24.7. The molecule has 0 bridgehead atoms. The molecule has 152 valence electrons. The summed E-state index contributed by atoms with van der Waals surface area (Å²) in [7, 11) is 0. The molecule has 0 unspecified atom stereocenters. The standard InChI is InChI=1S/C20H16F3NO5/c1-10-12-6-5-7-13(21)17(12)29-16(10)19(26)27-11(2)18(25)24-14-8-3-4-9-15(14)28-20(22)23/h3-9,11,20H,1-2H3,(H,24,25)/t11-/m0/s1. The average molecular weight is 407 g/mol. The number of halogens is 3. The number of nitrogens with one attached hydrogen (secondary N) is 1. The summed E-state index contributed by atoms with van der Waals surface area (Å²) < 4.78 is 53.5. The van der Waals surface area contributed by atoms with E-state index in [9.17, 15) is 22.8 Å². The third-order valence-electron chi connectivity index (χ3n) is 4.12. The van der Waals surface area contributed by atoms with Crippen molar-refractivity contribution in [2.75, 3.05) is 5.32 Å². The van der Waals surface area contributed by atoms with E-state index in [0.29, 0.717) is 10.9 Å². The van der Waals surface area contributed by atoms with Crippen molar-refractivity contribution in [3.8, 4) is 5.75 Å². The van der Waals surface area contributed by atoms with E-state index in [4.69, 9.17) is 9.15 Å². The first-order chi connectivity index (χ1) is 13.8. The number of rotatable bonds is 6. The average Bonchev–Trinajstić information content (AvgIpc) is 3.01. The second-order valence-corrected chi connectivity index (χ2v) is 6.08. The lowest BCUT2D eigenvalue weighted by atomic mass is 10.1. The molecule has 1 amide bonds. The zero-order valence-electron chi connectivity index (χ0n) is 15.4. The summed E-state index contributed by atoms with van der Waals surface area (Å²) in [6, 6.07) is 9.84. The second kappa shape index (κ2) is 8.26. The van der Waals surface area contributed by atoms with Gasteiger partial charge in [0.15, 0.2) is 17.5 Å². The number of para-hydroxylation sites is 3. The van der Waals surface area contributed by atoms with Crippen molar-refractivity contribution in [3.63, 3.8) is 0 Å². The molecule has 3 rings (SSSR count). The van der Waals surface area contributed by atoms with Crippen LogP contribution in [-0.2, 0) is 9.53 Å². The SMILES string of the molecule is Cc1c(C(=O)O[C@@H](C)C(=O)Nc2ccccc2OC(F)F)oc2c(F)cccc12. The number of ether oxygens (including phenoxy) is 2. The fourth-order valence-electron chi connectivity index (χ4n) is 2.67. The number of alkyl halides is 2. The lowest BCUT2D eigenvalue weighted by Crippen LogP contribution is -2.30. The minimum atomic E-state index is -3.07. The maximum atomic E-state index is 13.8. The number of esters is 1. The van der Waals surface area contributed by atoms with Gasteiger partial charge in [-0.05, 0) is 32.0 Å². The van der Waals surface area contributed by atoms with E-state index in [2.05, 4.69) is 10.1 Å². The Morgan fingerprint density at radius 2 is 1.83 bits per heavy atom. The molecule has 1 atom stereocenters. The number of aryl methyl sites for hydroxylation is 1. The van der Waals surface area contributed by atoms with Crippen LogP contribution in [0.15, 0.2) is 46.9 Å². The molecule has 9 heteroatoms. The van der Waals surface area contributed by atoms with Gasteiger partial charge in [-0.25, -0.2) is 9.18 Å². The molecule has 0 spiro atoms. The lowest BCUT2D eigenvalue weighted by molar-refractivity contribution is -0.124. The van der Waals surface area contributed by atoms with Crippen LogP contribution in [0, 0.1) is 12.7 Å². The molecule has 1 aromatic heterocycles. The van der Waals surface area contributed by atoms with E-state index >= 15 is 0 Å². The Morgan fingerprint density at radius 3 is 2.52 bits per heavy atom. The van der Waals surface area contributed by atoms with Crippen molar-refractivity contribution in [2.24, 2.45) is 0 Å². The van der Waals surface area contributed by atoms with Gasteiger partial charge in [0.1, 0.15) is 5.75 Å². The van der Waals surface area contributed by atoms with Crippen LogP contribution in [0.2, 0.25) is 0 Å². The Hall–Kier alpha value is -3.49. The van der Waals surface area contributed by atoms with Crippen LogP contribution in [-0.4, -0.2) is 24.6 Å².